The molecule has 36 heavy (non-hydrogen) atoms. The van der Waals surface area contributed by atoms with Crippen molar-refractivity contribution in [1.82, 2.24) is 20.2 Å². The highest BCUT2D eigenvalue weighted by molar-refractivity contribution is 7.64. The smallest absolute Gasteiger partial charge is 0.270 e. The molecule has 0 saturated carbocycles. The monoisotopic (exact) mass is 517 g/mol. The van der Waals surface area contributed by atoms with Gasteiger partial charge in [-0.1, -0.05) is 49.9 Å². The molecule has 180 valence electrons. The fourth-order valence-corrected chi connectivity index (χ4v) is 4.95. The molecule has 2 aromatic heterocycles. The van der Waals surface area contributed by atoms with Crippen molar-refractivity contribution >= 4 is 64.6 Å². The van der Waals surface area contributed by atoms with Crippen LogP contribution in [0.2, 0.25) is 5.02 Å². The molecule has 3 N–H and O–H groups in total. The molecular weight excluding hydrogens is 497 g/mol. The molecule has 11 heteroatoms. The second-order valence-electron chi connectivity index (χ2n) is 8.19. The van der Waals surface area contributed by atoms with Crippen LogP contribution in [0.5, 0.6) is 0 Å². The summed E-state index contributed by atoms with van der Waals surface area (Å²) in [6.07, 6.45) is 1.55. The summed E-state index contributed by atoms with van der Waals surface area (Å²) in [5.74, 6) is 0.870. The van der Waals surface area contributed by atoms with Gasteiger partial charge in [0.05, 0.1) is 16.6 Å². The van der Waals surface area contributed by atoms with Gasteiger partial charge in [-0.15, -0.1) is 0 Å². The van der Waals surface area contributed by atoms with Gasteiger partial charge in [0.2, 0.25) is 5.95 Å². The number of nitro groups is 1. The highest BCUT2D eigenvalue weighted by atomic mass is 35.5. The molecule has 3 aromatic carbocycles. The van der Waals surface area contributed by atoms with Crippen molar-refractivity contribution < 1.29 is 4.92 Å². The summed E-state index contributed by atoms with van der Waals surface area (Å²) in [6.45, 7) is 4.39. The summed E-state index contributed by atoms with van der Waals surface area (Å²) in [5, 5.41) is 27.6. The number of anilines is 4. The van der Waals surface area contributed by atoms with Crippen molar-refractivity contribution in [2.45, 2.75) is 0 Å². The van der Waals surface area contributed by atoms with Crippen LogP contribution in [0.4, 0.5) is 28.8 Å². The Kier molecular flexibility index (Phi) is 6.50. The Hall–Kier alpha value is -4.07. The summed E-state index contributed by atoms with van der Waals surface area (Å²) in [4.78, 5) is 19.7. The summed E-state index contributed by atoms with van der Waals surface area (Å²) in [5.41, 5.74) is 3.76. The van der Waals surface area contributed by atoms with Crippen LogP contribution in [0.15, 0.2) is 72.9 Å². The number of non-ortho nitro benzene ring substituents is 1. The van der Waals surface area contributed by atoms with E-state index in [1.165, 1.54) is 17.4 Å². The first-order chi connectivity index (χ1) is 17.4. The second kappa shape index (κ2) is 9.89. The number of benzene rings is 3. The van der Waals surface area contributed by atoms with Crippen LogP contribution in [0.25, 0.3) is 22.2 Å². The number of fused-ring (bicyclic) bond motifs is 1. The number of hydrogen-bond acceptors (Lipinski definition) is 7. The van der Waals surface area contributed by atoms with Crippen LogP contribution in [0.3, 0.4) is 0 Å². The van der Waals surface area contributed by atoms with Crippen molar-refractivity contribution in [2.24, 2.45) is 0 Å². The zero-order valence-corrected chi connectivity index (χ0v) is 21.0. The molecule has 0 atom stereocenters. The first-order valence-corrected chi connectivity index (χ1v) is 13.6. The molecule has 0 aliphatic heterocycles. The molecule has 0 aliphatic carbocycles. The number of H-pyrrole nitrogens is 1. The van der Waals surface area contributed by atoms with Crippen molar-refractivity contribution in [3.8, 4) is 11.3 Å². The highest BCUT2D eigenvalue weighted by Gasteiger charge is 2.14. The second-order valence-corrected chi connectivity index (χ2v) is 10.9. The molecule has 0 spiro atoms. The van der Waals surface area contributed by atoms with E-state index in [2.05, 4.69) is 50.2 Å². The highest BCUT2D eigenvalue weighted by Crippen LogP contribution is 2.33. The van der Waals surface area contributed by atoms with E-state index in [0.717, 1.165) is 22.3 Å². The Bertz CT molecular complexity index is 1590. The Morgan fingerprint density at radius 2 is 1.86 bits per heavy atom. The topological polar surface area (TPSA) is 122 Å². The lowest BCUT2D eigenvalue weighted by Gasteiger charge is -2.15. The lowest BCUT2D eigenvalue weighted by atomic mass is 10.1. The zero-order valence-electron chi connectivity index (χ0n) is 19.4. The van der Waals surface area contributed by atoms with E-state index in [1.807, 2.05) is 36.4 Å². The third-order valence-electron chi connectivity index (χ3n) is 5.53. The number of aromatic amines is 1. The molecule has 0 unspecified atom stereocenters. The minimum atomic E-state index is -0.421. The van der Waals surface area contributed by atoms with Crippen molar-refractivity contribution in [3.63, 3.8) is 0 Å². The van der Waals surface area contributed by atoms with E-state index in [0.29, 0.717) is 28.0 Å². The largest absolute Gasteiger partial charge is 0.338 e. The van der Waals surface area contributed by atoms with Crippen LogP contribution in [-0.2, 0) is 0 Å². The summed E-state index contributed by atoms with van der Waals surface area (Å²) < 4.78 is 0. The maximum Gasteiger partial charge on any atom is 0.270 e. The number of hydrogen-bond donors (Lipinski definition) is 3. The molecule has 5 rings (SSSR count). The van der Waals surface area contributed by atoms with Gasteiger partial charge in [-0.05, 0) is 42.9 Å². The molecule has 0 fully saturated rings. The number of nitro benzene ring substituents is 1. The number of halogens is 1. The van der Waals surface area contributed by atoms with E-state index < -0.39 is 4.92 Å². The average Bonchev–Trinajstić information content (AvgIpc) is 3.29. The van der Waals surface area contributed by atoms with E-state index >= 15 is 0 Å². The number of aromatic nitrogens is 4. The molecule has 0 bridgehead atoms. The molecule has 0 saturated heterocycles. The van der Waals surface area contributed by atoms with E-state index in [9.17, 15) is 10.1 Å². The predicted octanol–water partition coefficient (Wildman–Crippen LogP) is 6.44. The van der Waals surface area contributed by atoms with Gasteiger partial charge in [0, 0.05) is 34.5 Å². The Balaban J connectivity index is 1.45. The average molecular weight is 518 g/mol. The van der Waals surface area contributed by atoms with Crippen LogP contribution in [0.1, 0.15) is 0 Å². The van der Waals surface area contributed by atoms with Gasteiger partial charge in [0.1, 0.15) is 10.7 Å². The van der Waals surface area contributed by atoms with Crippen molar-refractivity contribution in [1.29, 1.82) is 0 Å². The third-order valence-corrected chi connectivity index (χ3v) is 7.16. The minimum absolute atomic E-state index is 0.00723. The Morgan fingerprint density at radius 3 is 2.67 bits per heavy atom. The van der Waals surface area contributed by atoms with Crippen molar-refractivity contribution in [3.05, 3.63) is 88.1 Å². The van der Waals surface area contributed by atoms with Gasteiger partial charge < -0.3 is 10.6 Å². The fourth-order valence-electron chi connectivity index (χ4n) is 3.82. The first-order valence-electron chi connectivity index (χ1n) is 10.9. The lowest BCUT2D eigenvalue weighted by Crippen LogP contribution is -2.09. The standard InChI is InChI=1S/C25H21ClN7O2P/c1-36(2)22-9-4-3-8-21(22)29-24-19(26)14-27-25(30-24)28-16-10-11-20-18(13-16)23(32-31-20)15-6-5-7-17(12-15)33(34)35/h3-14H,1-2H3,(H,31,32)(H2,27,28,29,30). The Labute approximate surface area is 212 Å². The van der Waals surface area contributed by atoms with Gasteiger partial charge in [0.15, 0.2) is 5.82 Å². The number of rotatable bonds is 7. The predicted molar refractivity (Wildman–Crippen MR) is 147 cm³/mol. The number of para-hydroxylation sites is 1. The van der Waals surface area contributed by atoms with Gasteiger partial charge in [-0.25, -0.2) is 4.98 Å². The van der Waals surface area contributed by atoms with Gasteiger partial charge in [-0.2, -0.15) is 10.1 Å². The maximum atomic E-state index is 11.2. The quantitative estimate of drug-likeness (QED) is 0.129. The van der Waals surface area contributed by atoms with Crippen molar-refractivity contribution in [2.75, 3.05) is 24.0 Å². The van der Waals surface area contributed by atoms with E-state index in [1.54, 1.807) is 18.3 Å². The fraction of sp³-hybridized carbons (Fsp3) is 0.0800. The van der Waals surface area contributed by atoms with Gasteiger partial charge >= 0.3 is 0 Å². The van der Waals surface area contributed by atoms with Crippen LogP contribution in [0, 0.1) is 10.1 Å². The zero-order chi connectivity index (χ0) is 25.2. The van der Waals surface area contributed by atoms with Crippen LogP contribution < -0.4 is 15.9 Å². The summed E-state index contributed by atoms with van der Waals surface area (Å²) in [7, 11) is -0.321. The first kappa shape index (κ1) is 23.7. The molecule has 5 aromatic rings. The Morgan fingerprint density at radius 1 is 1.03 bits per heavy atom. The van der Waals surface area contributed by atoms with Gasteiger partial charge in [0.25, 0.3) is 5.69 Å². The lowest BCUT2D eigenvalue weighted by molar-refractivity contribution is -0.384. The normalized spacial score (nSPS) is 11.1. The molecule has 0 amide bonds. The van der Waals surface area contributed by atoms with Gasteiger partial charge in [-0.3, -0.25) is 15.2 Å². The number of nitrogens with zero attached hydrogens (tertiary/aromatic N) is 4. The number of nitrogens with one attached hydrogen (secondary N) is 3. The van der Waals surface area contributed by atoms with Crippen LogP contribution in [-0.4, -0.2) is 38.4 Å². The molecule has 0 radical (unpaired) electrons. The van der Waals surface area contributed by atoms with Crippen LogP contribution >= 0.6 is 19.5 Å². The molecule has 0 aliphatic rings. The minimum Gasteiger partial charge on any atom is -0.338 e. The van der Waals surface area contributed by atoms with E-state index in [-0.39, 0.29) is 13.6 Å². The summed E-state index contributed by atoms with van der Waals surface area (Å²) in [6, 6.07) is 20.1. The molecule has 9 nitrogen and oxygen atoms in total. The van der Waals surface area contributed by atoms with E-state index in [4.69, 9.17) is 11.6 Å². The maximum absolute atomic E-state index is 11.2. The third kappa shape index (κ3) is 4.84. The summed E-state index contributed by atoms with van der Waals surface area (Å²) >= 11 is 6.40. The molecular formula is C25H21ClN7O2P. The SMILES string of the molecule is CP(C)c1ccccc1Nc1nc(Nc2ccc3[nH]nc(-c4cccc([N+](=O)[O-])c4)c3c2)ncc1Cl. The molecule has 2 heterocycles.